The number of carbonyl (C=O) groups is 1. The number of nitrogens with one attached hydrogen (secondary N) is 1. The molecule has 1 N–H and O–H groups in total. The number of rotatable bonds is 6. The van der Waals surface area contributed by atoms with Crippen LogP contribution >= 0.6 is 11.3 Å². The van der Waals surface area contributed by atoms with Crippen molar-refractivity contribution in [3.05, 3.63) is 58.7 Å². The fraction of sp³-hybridized carbons (Fsp3) is 0.188. The lowest BCUT2D eigenvalue weighted by molar-refractivity contribution is -0.120. The molecule has 1 aromatic carbocycles. The molecule has 0 saturated heterocycles. The summed E-state index contributed by atoms with van der Waals surface area (Å²) in [7, 11) is 0. The quantitative estimate of drug-likeness (QED) is 0.760. The molecular weight excluding hydrogens is 298 g/mol. The summed E-state index contributed by atoms with van der Waals surface area (Å²) in [6.45, 7) is 0.575. The van der Waals surface area contributed by atoms with Gasteiger partial charge in [-0.2, -0.15) is 0 Å². The first-order valence-electron chi connectivity index (χ1n) is 6.96. The van der Waals surface area contributed by atoms with Crippen LogP contribution in [0.5, 0.6) is 0 Å². The predicted molar refractivity (Wildman–Crippen MR) is 84.5 cm³/mol. The maximum Gasteiger partial charge on any atom is 0.226 e. The largest absolute Gasteiger partial charge is 0.356 e. The number of nitrogens with zero attached hydrogens (tertiary/aromatic N) is 2. The Morgan fingerprint density at radius 2 is 2.09 bits per heavy atom. The molecular formula is C16H15N3O2S. The van der Waals surface area contributed by atoms with Crippen molar-refractivity contribution in [2.45, 2.75) is 12.8 Å². The second-order valence-electron chi connectivity index (χ2n) is 4.81. The van der Waals surface area contributed by atoms with Gasteiger partial charge >= 0.3 is 0 Å². The molecule has 0 spiro atoms. The zero-order valence-electron chi connectivity index (χ0n) is 11.9. The summed E-state index contributed by atoms with van der Waals surface area (Å²) in [5.41, 5.74) is 4.37. The summed E-state index contributed by atoms with van der Waals surface area (Å²) in [5.74, 6) is 0.606. The van der Waals surface area contributed by atoms with Crippen LogP contribution in [0.1, 0.15) is 11.4 Å². The number of benzene rings is 1. The van der Waals surface area contributed by atoms with E-state index in [0.717, 1.165) is 17.7 Å². The number of carbonyl (C=O) groups excluding carboxylic acids is 1. The first kappa shape index (κ1) is 14.5. The van der Waals surface area contributed by atoms with Gasteiger partial charge < -0.3 is 9.84 Å². The third-order valence-electron chi connectivity index (χ3n) is 3.15. The summed E-state index contributed by atoms with van der Waals surface area (Å²) >= 11 is 1.56. The first-order chi connectivity index (χ1) is 10.8. The van der Waals surface area contributed by atoms with Crippen LogP contribution in [0.15, 0.2) is 51.8 Å². The Labute approximate surface area is 132 Å². The van der Waals surface area contributed by atoms with Crippen LogP contribution < -0.4 is 5.32 Å². The average Bonchev–Trinajstić information content (AvgIpc) is 3.20. The SMILES string of the molecule is O=C(Cc1cc(-c2ccccc2)on1)NCCc1cscn1. The molecule has 0 aliphatic carbocycles. The Kier molecular flexibility index (Phi) is 4.60. The standard InChI is InChI=1S/C16H15N3O2S/c20-16(17-7-6-13-10-22-11-18-13)9-14-8-15(21-19-14)12-4-2-1-3-5-12/h1-5,8,10-11H,6-7,9H2,(H,17,20). The van der Waals surface area contributed by atoms with E-state index in [1.165, 1.54) is 0 Å². The second kappa shape index (κ2) is 7.00. The lowest BCUT2D eigenvalue weighted by atomic mass is 10.1. The highest BCUT2D eigenvalue weighted by Gasteiger charge is 2.10. The van der Waals surface area contributed by atoms with Gasteiger partial charge in [-0.15, -0.1) is 11.3 Å². The molecule has 3 rings (SSSR count). The van der Waals surface area contributed by atoms with Crippen LogP contribution in [-0.2, 0) is 17.6 Å². The number of aromatic nitrogens is 2. The smallest absolute Gasteiger partial charge is 0.226 e. The van der Waals surface area contributed by atoms with E-state index in [4.69, 9.17) is 4.52 Å². The number of amides is 1. The van der Waals surface area contributed by atoms with E-state index in [-0.39, 0.29) is 12.3 Å². The average molecular weight is 313 g/mol. The van der Waals surface area contributed by atoms with Crippen LogP contribution in [0.2, 0.25) is 0 Å². The van der Waals surface area contributed by atoms with Gasteiger partial charge in [-0.1, -0.05) is 35.5 Å². The molecule has 0 aliphatic rings. The first-order valence-corrected chi connectivity index (χ1v) is 7.90. The summed E-state index contributed by atoms with van der Waals surface area (Å²) in [6, 6.07) is 11.5. The molecule has 3 aromatic rings. The molecule has 0 atom stereocenters. The van der Waals surface area contributed by atoms with Gasteiger partial charge in [0.05, 0.1) is 23.3 Å². The van der Waals surface area contributed by atoms with Crippen LogP contribution in [0, 0.1) is 0 Å². The molecule has 0 unspecified atom stereocenters. The molecule has 0 fully saturated rings. The number of thiazole rings is 1. The Hall–Kier alpha value is -2.47. The van der Waals surface area contributed by atoms with Crippen LogP contribution in [-0.4, -0.2) is 22.6 Å². The van der Waals surface area contributed by atoms with Crippen molar-refractivity contribution in [3.63, 3.8) is 0 Å². The van der Waals surface area contributed by atoms with E-state index in [1.54, 1.807) is 22.9 Å². The van der Waals surface area contributed by atoms with Crippen LogP contribution in [0.4, 0.5) is 0 Å². The molecule has 2 heterocycles. The Morgan fingerprint density at radius 1 is 1.23 bits per heavy atom. The van der Waals surface area contributed by atoms with Gasteiger partial charge in [0.1, 0.15) is 0 Å². The van der Waals surface area contributed by atoms with Crippen LogP contribution in [0.25, 0.3) is 11.3 Å². The van der Waals surface area contributed by atoms with Crippen molar-refractivity contribution in [2.75, 3.05) is 6.54 Å². The summed E-state index contributed by atoms with van der Waals surface area (Å²) in [5, 5.41) is 8.79. The van der Waals surface area contributed by atoms with E-state index in [1.807, 2.05) is 35.7 Å². The van der Waals surface area contributed by atoms with Gasteiger partial charge in [-0.3, -0.25) is 4.79 Å². The van der Waals surface area contributed by atoms with E-state index in [0.29, 0.717) is 18.0 Å². The maximum absolute atomic E-state index is 11.9. The molecule has 0 bridgehead atoms. The van der Waals surface area contributed by atoms with E-state index < -0.39 is 0 Å². The van der Waals surface area contributed by atoms with Gasteiger partial charge in [-0.25, -0.2) is 4.98 Å². The predicted octanol–water partition coefficient (Wildman–Crippen LogP) is 2.70. The molecule has 6 heteroatoms. The minimum atomic E-state index is -0.0665. The van der Waals surface area contributed by atoms with Gasteiger partial charge in [0.25, 0.3) is 0 Å². The Balaban J connectivity index is 1.50. The van der Waals surface area contributed by atoms with Gasteiger partial charge in [-0.05, 0) is 0 Å². The van der Waals surface area contributed by atoms with Crippen molar-refractivity contribution in [2.24, 2.45) is 0 Å². The minimum absolute atomic E-state index is 0.0665. The third kappa shape index (κ3) is 3.79. The Morgan fingerprint density at radius 3 is 2.86 bits per heavy atom. The van der Waals surface area contributed by atoms with Crippen molar-refractivity contribution in [1.29, 1.82) is 0 Å². The van der Waals surface area contributed by atoms with Gasteiger partial charge in [0.2, 0.25) is 5.91 Å². The topological polar surface area (TPSA) is 68.0 Å². The van der Waals surface area contributed by atoms with Gasteiger partial charge in [0, 0.05) is 30.0 Å². The molecule has 2 aromatic heterocycles. The normalized spacial score (nSPS) is 10.5. The zero-order valence-corrected chi connectivity index (χ0v) is 12.7. The van der Waals surface area contributed by atoms with Crippen molar-refractivity contribution in [3.8, 4) is 11.3 Å². The molecule has 112 valence electrons. The summed E-state index contributed by atoms with van der Waals surface area (Å²) < 4.78 is 5.28. The molecule has 5 nitrogen and oxygen atoms in total. The fourth-order valence-corrected chi connectivity index (χ4v) is 2.64. The molecule has 0 radical (unpaired) electrons. The Bertz CT molecular complexity index is 723. The summed E-state index contributed by atoms with van der Waals surface area (Å²) in [4.78, 5) is 16.0. The maximum atomic E-state index is 11.9. The van der Waals surface area contributed by atoms with E-state index >= 15 is 0 Å². The highest BCUT2D eigenvalue weighted by Crippen LogP contribution is 2.19. The second-order valence-corrected chi connectivity index (χ2v) is 5.52. The molecule has 1 amide bonds. The minimum Gasteiger partial charge on any atom is -0.356 e. The number of hydrogen-bond acceptors (Lipinski definition) is 5. The van der Waals surface area contributed by atoms with E-state index in [2.05, 4.69) is 15.5 Å². The molecule has 22 heavy (non-hydrogen) atoms. The monoisotopic (exact) mass is 313 g/mol. The number of hydrogen-bond donors (Lipinski definition) is 1. The zero-order chi connectivity index (χ0) is 15.2. The van der Waals surface area contributed by atoms with E-state index in [9.17, 15) is 4.79 Å². The van der Waals surface area contributed by atoms with Crippen molar-refractivity contribution in [1.82, 2.24) is 15.5 Å². The van der Waals surface area contributed by atoms with Crippen molar-refractivity contribution >= 4 is 17.2 Å². The lowest BCUT2D eigenvalue weighted by Crippen LogP contribution is -2.27. The summed E-state index contributed by atoms with van der Waals surface area (Å²) in [6.07, 6.45) is 0.955. The molecule has 0 aliphatic heterocycles. The van der Waals surface area contributed by atoms with Gasteiger partial charge in [0.15, 0.2) is 5.76 Å². The van der Waals surface area contributed by atoms with Crippen molar-refractivity contribution < 1.29 is 9.32 Å². The highest BCUT2D eigenvalue weighted by molar-refractivity contribution is 7.07. The van der Waals surface area contributed by atoms with Crippen LogP contribution in [0.3, 0.4) is 0 Å². The highest BCUT2D eigenvalue weighted by atomic mass is 32.1. The lowest BCUT2D eigenvalue weighted by Gasteiger charge is -2.01. The molecule has 0 saturated carbocycles. The fourth-order valence-electron chi connectivity index (χ4n) is 2.05. The third-order valence-corrected chi connectivity index (χ3v) is 3.78.